The Labute approximate surface area is 138 Å². The number of hydrogen-bond acceptors (Lipinski definition) is 3. The van der Waals surface area contributed by atoms with E-state index < -0.39 is 10.0 Å². The van der Waals surface area contributed by atoms with Gasteiger partial charge in [-0.2, -0.15) is 0 Å². The molecule has 1 amide bonds. The third kappa shape index (κ3) is 3.28. The van der Waals surface area contributed by atoms with Crippen LogP contribution >= 0.6 is 0 Å². The van der Waals surface area contributed by atoms with Crippen molar-refractivity contribution in [2.75, 3.05) is 30.3 Å². The number of rotatable bonds is 4. The minimum atomic E-state index is -3.14. The summed E-state index contributed by atoms with van der Waals surface area (Å²) >= 11 is 0. The van der Waals surface area contributed by atoms with Gasteiger partial charge in [0.25, 0.3) is 0 Å². The Morgan fingerprint density at radius 2 is 1.87 bits per heavy atom. The van der Waals surface area contributed by atoms with Crippen LogP contribution in [0.2, 0.25) is 0 Å². The number of carbonyl (C=O) groups excluding carboxylic acids is 1. The van der Waals surface area contributed by atoms with Crippen molar-refractivity contribution in [1.82, 2.24) is 4.31 Å². The minimum absolute atomic E-state index is 0.0609. The second-order valence-electron chi connectivity index (χ2n) is 6.36. The first kappa shape index (κ1) is 16.5. The van der Waals surface area contributed by atoms with Gasteiger partial charge in [0.15, 0.2) is 0 Å². The molecule has 3 rings (SSSR count). The molecule has 1 fully saturated rings. The van der Waals surface area contributed by atoms with E-state index >= 15 is 0 Å². The molecule has 0 spiro atoms. The van der Waals surface area contributed by atoms with Gasteiger partial charge >= 0.3 is 0 Å². The summed E-state index contributed by atoms with van der Waals surface area (Å²) in [6.45, 7) is 3.55. The predicted octanol–water partition coefficient (Wildman–Crippen LogP) is 2.03. The second kappa shape index (κ2) is 6.61. The Bertz CT molecular complexity index is 679. The van der Waals surface area contributed by atoms with Crippen LogP contribution < -0.4 is 4.90 Å². The van der Waals surface area contributed by atoms with E-state index in [-0.39, 0.29) is 17.6 Å². The summed E-state index contributed by atoms with van der Waals surface area (Å²) in [7, 11) is -3.14. The summed E-state index contributed by atoms with van der Waals surface area (Å²) in [5.74, 6) is 0.294. The minimum Gasteiger partial charge on any atom is -0.312 e. The quantitative estimate of drug-likeness (QED) is 0.845. The highest BCUT2D eigenvalue weighted by molar-refractivity contribution is 7.89. The molecule has 0 unspecified atom stereocenters. The van der Waals surface area contributed by atoms with Gasteiger partial charge in [-0.3, -0.25) is 4.79 Å². The Kier molecular flexibility index (Phi) is 4.73. The largest absolute Gasteiger partial charge is 0.312 e. The molecule has 126 valence electrons. The van der Waals surface area contributed by atoms with E-state index in [4.69, 9.17) is 0 Å². The van der Waals surface area contributed by atoms with Gasteiger partial charge in [-0.15, -0.1) is 0 Å². The fourth-order valence-electron chi connectivity index (χ4n) is 3.56. The topological polar surface area (TPSA) is 57.7 Å². The molecular formula is C17H24N2O3S. The van der Waals surface area contributed by atoms with Crippen LogP contribution in [-0.2, 0) is 21.2 Å². The number of carbonyl (C=O) groups is 1. The molecule has 0 N–H and O–H groups in total. The first-order valence-corrected chi connectivity index (χ1v) is 10.0. The summed E-state index contributed by atoms with van der Waals surface area (Å²) in [5.41, 5.74) is 2.25. The zero-order chi connectivity index (χ0) is 16.4. The molecule has 2 heterocycles. The molecule has 0 aromatic heterocycles. The van der Waals surface area contributed by atoms with E-state index in [1.807, 2.05) is 30.0 Å². The van der Waals surface area contributed by atoms with Crippen LogP contribution in [0.3, 0.4) is 0 Å². The Morgan fingerprint density at radius 1 is 1.17 bits per heavy atom. The monoisotopic (exact) mass is 336 g/mol. The molecule has 0 saturated carbocycles. The summed E-state index contributed by atoms with van der Waals surface area (Å²) in [4.78, 5) is 14.7. The SMILES string of the molecule is CCCS(=O)(=O)N1CCC(C(=O)N2CCc3ccccc32)CC1. The summed E-state index contributed by atoms with van der Waals surface area (Å²) in [6.07, 6.45) is 2.79. The molecule has 0 bridgehead atoms. The normalized spacial score (nSPS) is 19.8. The molecule has 2 aliphatic rings. The van der Waals surface area contributed by atoms with Gasteiger partial charge in [0.1, 0.15) is 0 Å². The van der Waals surface area contributed by atoms with Crippen LogP contribution in [-0.4, -0.2) is 44.0 Å². The molecule has 6 heteroatoms. The maximum absolute atomic E-state index is 12.8. The Hall–Kier alpha value is -1.40. The highest BCUT2D eigenvalue weighted by Crippen LogP contribution is 2.31. The van der Waals surface area contributed by atoms with Crippen molar-refractivity contribution in [3.8, 4) is 0 Å². The summed E-state index contributed by atoms with van der Waals surface area (Å²) in [5, 5.41) is 0. The lowest BCUT2D eigenvalue weighted by molar-refractivity contribution is -0.123. The maximum Gasteiger partial charge on any atom is 0.230 e. The molecule has 0 atom stereocenters. The molecule has 0 aliphatic carbocycles. The van der Waals surface area contributed by atoms with Crippen molar-refractivity contribution in [2.45, 2.75) is 32.6 Å². The van der Waals surface area contributed by atoms with Crippen LogP contribution in [0.15, 0.2) is 24.3 Å². The maximum atomic E-state index is 12.8. The molecule has 1 saturated heterocycles. The molecule has 2 aliphatic heterocycles. The number of amides is 1. The van der Waals surface area contributed by atoms with E-state index in [1.54, 1.807) is 4.31 Å². The number of fused-ring (bicyclic) bond motifs is 1. The molecule has 1 aromatic carbocycles. The van der Waals surface area contributed by atoms with Gasteiger partial charge in [0.2, 0.25) is 15.9 Å². The van der Waals surface area contributed by atoms with E-state index in [0.29, 0.717) is 32.4 Å². The fourth-order valence-corrected chi connectivity index (χ4v) is 5.10. The predicted molar refractivity (Wildman–Crippen MR) is 90.9 cm³/mol. The van der Waals surface area contributed by atoms with Gasteiger partial charge in [-0.1, -0.05) is 25.1 Å². The van der Waals surface area contributed by atoms with Crippen LogP contribution in [0, 0.1) is 5.92 Å². The molecular weight excluding hydrogens is 312 g/mol. The average Bonchev–Trinajstić information content (AvgIpc) is 2.98. The van der Waals surface area contributed by atoms with Crippen molar-refractivity contribution in [3.05, 3.63) is 29.8 Å². The van der Waals surface area contributed by atoms with Gasteiger partial charge in [0, 0.05) is 31.2 Å². The average molecular weight is 336 g/mol. The third-order valence-corrected chi connectivity index (χ3v) is 6.89. The Morgan fingerprint density at radius 3 is 2.57 bits per heavy atom. The lowest BCUT2D eigenvalue weighted by atomic mass is 9.96. The van der Waals surface area contributed by atoms with Crippen molar-refractivity contribution in [3.63, 3.8) is 0 Å². The smallest absolute Gasteiger partial charge is 0.230 e. The molecule has 5 nitrogen and oxygen atoms in total. The van der Waals surface area contributed by atoms with E-state index in [2.05, 4.69) is 6.07 Å². The van der Waals surface area contributed by atoms with Crippen molar-refractivity contribution in [1.29, 1.82) is 0 Å². The van der Waals surface area contributed by atoms with Crippen molar-refractivity contribution < 1.29 is 13.2 Å². The van der Waals surface area contributed by atoms with Crippen molar-refractivity contribution >= 4 is 21.6 Å². The zero-order valence-corrected chi connectivity index (χ0v) is 14.4. The first-order chi connectivity index (χ1) is 11.0. The fraction of sp³-hybridized carbons (Fsp3) is 0.588. The van der Waals surface area contributed by atoms with Crippen molar-refractivity contribution in [2.24, 2.45) is 5.92 Å². The van der Waals surface area contributed by atoms with Crippen LogP contribution in [0.1, 0.15) is 31.7 Å². The van der Waals surface area contributed by atoms with Crippen LogP contribution in [0.4, 0.5) is 5.69 Å². The number of para-hydroxylation sites is 1. The van der Waals surface area contributed by atoms with Gasteiger partial charge in [-0.05, 0) is 37.3 Å². The van der Waals surface area contributed by atoms with Gasteiger partial charge in [-0.25, -0.2) is 12.7 Å². The number of benzene rings is 1. The van der Waals surface area contributed by atoms with E-state index in [1.165, 1.54) is 5.56 Å². The van der Waals surface area contributed by atoms with Gasteiger partial charge < -0.3 is 4.90 Å². The molecule has 0 radical (unpaired) electrons. The zero-order valence-electron chi connectivity index (χ0n) is 13.6. The van der Waals surface area contributed by atoms with Crippen LogP contribution in [0.5, 0.6) is 0 Å². The highest BCUT2D eigenvalue weighted by atomic mass is 32.2. The number of sulfonamides is 1. The van der Waals surface area contributed by atoms with Gasteiger partial charge in [0.05, 0.1) is 5.75 Å². The highest BCUT2D eigenvalue weighted by Gasteiger charge is 2.34. The summed E-state index contributed by atoms with van der Waals surface area (Å²) < 4.78 is 25.8. The standard InChI is InChI=1S/C17H24N2O3S/c1-2-13-23(21,22)18-10-7-15(8-11-18)17(20)19-12-9-14-5-3-4-6-16(14)19/h3-6,15H,2,7-13H2,1H3. The van der Waals surface area contributed by atoms with Crippen LogP contribution in [0.25, 0.3) is 0 Å². The molecule has 1 aromatic rings. The third-order valence-electron chi connectivity index (χ3n) is 4.81. The number of anilines is 1. The lowest BCUT2D eigenvalue weighted by Crippen LogP contribution is -2.44. The number of nitrogens with zero attached hydrogens (tertiary/aromatic N) is 2. The summed E-state index contributed by atoms with van der Waals surface area (Å²) in [6, 6.07) is 8.04. The Balaban J connectivity index is 1.64. The number of piperidine rings is 1. The molecule has 23 heavy (non-hydrogen) atoms. The second-order valence-corrected chi connectivity index (χ2v) is 8.45. The number of hydrogen-bond donors (Lipinski definition) is 0. The van der Waals surface area contributed by atoms with E-state index in [0.717, 1.165) is 18.7 Å². The van der Waals surface area contributed by atoms with E-state index in [9.17, 15) is 13.2 Å². The lowest BCUT2D eigenvalue weighted by Gasteiger charge is -2.32. The first-order valence-electron chi connectivity index (χ1n) is 8.40.